The lowest BCUT2D eigenvalue weighted by Gasteiger charge is -2.16. The van der Waals surface area contributed by atoms with Gasteiger partial charge in [-0.15, -0.1) is 0 Å². The van der Waals surface area contributed by atoms with Gasteiger partial charge in [0.1, 0.15) is 11.6 Å². The lowest BCUT2D eigenvalue weighted by atomic mass is 9.99. The number of benzene rings is 2. The fourth-order valence-electron chi connectivity index (χ4n) is 1.94. The van der Waals surface area contributed by atoms with Crippen LogP contribution in [0.2, 0.25) is 0 Å². The molecule has 0 saturated heterocycles. The Labute approximate surface area is 134 Å². The second-order valence-electron chi connectivity index (χ2n) is 4.24. The first-order chi connectivity index (χ1) is 9.54. The molecule has 2 rings (SSSR count). The summed E-state index contributed by atoms with van der Waals surface area (Å²) in [7, 11) is 0. The Morgan fingerprint density at radius 3 is 2.55 bits per heavy atom. The van der Waals surface area contributed by atoms with Crippen molar-refractivity contribution in [1.29, 1.82) is 0 Å². The van der Waals surface area contributed by atoms with E-state index in [1.165, 1.54) is 0 Å². The molecule has 0 aliphatic heterocycles. The van der Waals surface area contributed by atoms with Crippen molar-refractivity contribution in [3.05, 3.63) is 62.3 Å². The third-order valence-electron chi connectivity index (χ3n) is 2.93. The van der Waals surface area contributed by atoms with Crippen LogP contribution in [-0.4, -0.2) is 6.61 Å². The van der Waals surface area contributed by atoms with E-state index >= 15 is 0 Å². The molecule has 0 aromatic heterocycles. The van der Waals surface area contributed by atoms with Crippen LogP contribution in [0.4, 0.5) is 4.39 Å². The van der Waals surface area contributed by atoms with Crippen LogP contribution in [0.3, 0.4) is 0 Å². The van der Waals surface area contributed by atoms with E-state index in [1.807, 2.05) is 25.1 Å². The lowest BCUT2D eigenvalue weighted by Crippen LogP contribution is -2.14. The van der Waals surface area contributed by atoms with Crippen LogP contribution in [0, 0.1) is 5.82 Å². The van der Waals surface area contributed by atoms with Gasteiger partial charge >= 0.3 is 0 Å². The quantitative estimate of drug-likeness (QED) is 0.797. The average molecular weight is 403 g/mol. The van der Waals surface area contributed by atoms with Crippen LogP contribution in [0.25, 0.3) is 0 Å². The molecule has 0 saturated carbocycles. The third-order valence-corrected chi connectivity index (χ3v) is 4.23. The van der Waals surface area contributed by atoms with E-state index in [1.54, 1.807) is 18.2 Å². The van der Waals surface area contributed by atoms with Gasteiger partial charge in [0.2, 0.25) is 0 Å². The molecule has 0 heterocycles. The first kappa shape index (κ1) is 15.5. The summed E-state index contributed by atoms with van der Waals surface area (Å²) in [5.74, 6) is 0.422. The monoisotopic (exact) mass is 401 g/mol. The molecular formula is C15H14Br2FNO. The summed E-state index contributed by atoms with van der Waals surface area (Å²) in [6.45, 7) is 2.52. The van der Waals surface area contributed by atoms with Gasteiger partial charge < -0.3 is 10.5 Å². The van der Waals surface area contributed by atoms with Crippen molar-refractivity contribution >= 4 is 31.9 Å². The zero-order chi connectivity index (χ0) is 14.7. The number of ether oxygens (including phenoxy) is 1. The van der Waals surface area contributed by atoms with Crippen molar-refractivity contribution < 1.29 is 9.13 Å². The van der Waals surface area contributed by atoms with Gasteiger partial charge in [0.15, 0.2) is 0 Å². The summed E-state index contributed by atoms with van der Waals surface area (Å²) in [6.07, 6.45) is 0. The molecular weight excluding hydrogens is 389 g/mol. The van der Waals surface area contributed by atoms with E-state index < -0.39 is 6.04 Å². The summed E-state index contributed by atoms with van der Waals surface area (Å²) < 4.78 is 20.7. The zero-order valence-electron chi connectivity index (χ0n) is 10.9. The Hall–Kier alpha value is -0.910. The normalized spacial score (nSPS) is 12.2. The second kappa shape index (κ2) is 6.70. The Morgan fingerprint density at radius 2 is 1.90 bits per heavy atom. The van der Waals surface area contributed by atoms with E-state index in [0.29, 0.717) is 16.6 Å². The molecule has 0 spiro atoms. The topological polar surface area (TPSA) is 35.2 Å². The number of hydrogen-bond acceptors (Lipinski definition) is 2. The van der Waals surface area contributed by atoms with Crippen LogP contribution in [0.15, 0.2) is 45.3 Å². The summed E-state index contributed by atoms with van der Waals surface area (Å²) >= 11 is 6.64. The van der Waals surface area contributed by atoms with E-state index in [-0.39, 0.29) is 5.82 Å². The van der Waals surface area contributed by atoms with Crippen LogP contribution in [0.5, 0.6) is 5.75 Å². The van der Waals surface area contributed by atoms with Gasteiger partial charge in [-0.25, -0.2) is 4.39 Å². The smallest absolute Gasteiger partial charge is 0.142 e. The van der Waals surface area contributed by atoms with Crippen LogP contribution in [0.1, 0.15) is 24.1 Å². The molecule has 2 aromatic carbocycles. The second-order valence-corrected chi connectivity index (χ2v) is 5.95. The fourth-order valence-corrected chi connectivity index (χ4v) is 2.93. The Kier molecular flexibility index (Phi) is 5.18. The molecule has 20 heavy (non-hydrogen) atoms. The van der Waals surface area contributed by atoms with E-state index in [2.05, 4.69) is 31.9 Å². The van der Waals surface area contributed by atoms with E-state index in [9.17, 15) is 4.39 Å². The number of rotatable bonds is 4. The largest absolute Gasteiger partial charge is 0.494 e. The van der Waals surface area contributed by atoms with Crippen LogP contribution < -0.4 is 10.5 Å². The third kappa shape index (κ3) is 3.22. The minimum absolute atomic E-state index is 0.333. The van der Waals surface area contributed by atoms with E-state index in [4.69, 9.17) is 10.5 Å². The summed E-state index contributed by atoms with van der Waals surface area (Å²) in [5.41, 5.74) is 7.44. The average Bonchev–Trinajstić information content (AvgIpc) is 2.42. The van der Waals surface area contributed by atoms with Gasteiger partial charge in [0, 0.05) is 10.0 Å². The van der Waals surface area contributed by atoms with Crippen molar-refractivity contribution in [2.45, 2.75) is 13.0 Å². The summed E-state index contributed by atoms with van der Waals surface area (Å²) in [4.78, 5) is 0. The fraction of sp³-hybridized carbons (Fsp3) is 0.200. The minimum atomic E-state index is -0.544. The molecule has 2 nitrogen and oxygen atoms in total. The molecule has 0 aliphatic carbocycles. The highest BCUT2D eigenvalue weighted by Gasteiger charge is 2.18. The molecule has 2 N–H and O–H groups in total. The minimum Gasteiger partial charge on any atom is -0.494 e. The van der Waals surface area contributed by atoms with Gasteiger partial charge in [0.25, 0.3) is 0 Å². The van der Waals surface area contributed by atoms with E-state index in [0.717, 1.165) is 15.8 Å². The zero-order valence-corrected chi connectivity index (χ0v) is 14.0. The number of halogens is 3. The predicted molar refractivity (Wildman–Crippen MR) is 85.4 cm³/mol. The van der Waals surface area contributed by atoms with Crippen molar-refractivity contribution in [3.8, 4) is 5.75 Å². The van der Waals surface area contributed by atoms with Gasteiger partial charge in [-0.3, -0.25) is 0 Å². The van der Waals surface area contributed by atoms with Crippen molar-refractivity contribution in [2.24, 2.45) is 5.73 Å². The van der Waals surface area contributed by atoms with Crippen molar-refractivity contribution in [2.75, 3.05) is 6.61 Å². The molecule has 2 aromatic rings. The number of nitrogens with two attached hydrogens (primary N) is 1. The molecule has 0 fully saturated rings. The standard InChI is InChI=1S/C15H14Br2FNO/c1-2-20-9-6-7-10(13(17)8-9)15(19)11-4-3-5-12(16)14(11)18/h3-8,15H,2,19H2,1H3. The van der Waals surface area contributed by atoms with Gasteiger partial charge in [-0.2, -0.15) is 0 Å². The summed E-state index contributed by atoms with van der Waals surface area (Å²) in [6, 6.07) is 10.1. The maximum absolute atomic E-state index is 14.1. The van der Waals surface area contributed by atoms with Crippen molar-refractivity contribution in [1.82, 2.24) is 0 Å². The molecule has 106 valence electrons. The highest BCUT2D eigenvalue weighted by atomic mass is 79.9. The maximum Gasteiger partial charge on any atom is 0.142 e. The van der Waals surface area contributed by atoms with Crippen molar-refractivity contribution in [3.63, 3.8) is 0 Å². The predicted octanol–water partition coefficient (Wildman–Crippen LogP) is 4.80. The Bertz CT molecular complexity index is 619. The van der Waals surface area contributed by atoms with Gasteiger partial charge in [-0.05, 0) is 46.6 Å². The molecule has 5 heteroatoms. The Balaban J connectivity index is 2.38. The number of hydrogen-bond donors (Lipinski definition) is 1. The molecule has 1 atom stereocenters. The first-order valence-corrected chi connectivity index (χ1v) is 7.75. The molecule has 0 amide bonds. The van der Waals surface area contributed by atoms with Crippen LogP contribution in [-0.2, 0) is 0 Å². The summed E-state index contributed by atoms with van der Waals surface area (Å²) in [5, 5.41) is 0. The molecule has 0 aliphatic rings. The molecule has 0 radical (unpaired) electrons. The van der Waals surface area contributed by atoms with Crippen LogP contribution >= 0.6 is 31.9 Å². The maximum atomic E-state index is 14.1. The SMILES string of the molecule is CCOc1ccc(C(N)c2cccc(Br)c2F)c(Br)c1. The molecule has 1 unspecified atom stereocenters. The van der Waals surface area contributed by atoms with Gasteiger partial charge in [-0.1, -0.05) is 34.1 Å². The Morgan fingerprint density at radius 1 is 1.15 bits per heavy atom. The molecule has 0 bridgehead atoms. The lowest BCUT2D eigenvalue weighted by molar-refractivity contribution is 0.340. The highest BCUT2D eigenvalue weighted by Crippen LogP contribution is 2.32. The highest BCUT2D eigenvalue weighted by molar-refractivity contribution is 9.10. The van der Waals surface area contributed by atoms with Gasteiger partial charge in [0.05, 0.1) is 17.1 Å². The first-order valence-electron chi connectivity index (χ1n) is 6.16.